The van der Waals surface area contributed by atoms with Crippen LogP contribution in [0.25, 0.3) is 0 Å². The topological polar surface area (TPSA) is 78.9 Å². The summed E-state index contributed by atoms with van der Waals surface area (Å²) in [7, 11) is 3.52. The maximum atomic E-state index is 11.1. The van der Waals surface area contributed by atoms with Gasteiger partial charge in [0.05, 0.1) is 0 Å². The van der Waals surface area contributed by atoms with E-state index in [1.165, 1.54) is 44.9 Å². The van der Waals surface area contributed by atoms with Gasteiger partial charge in [-0.15, -0.1) is 0 Å². The first-order valence-electron chi connectivity index (χ1n) is 8.22. The highest BCUT2D eigenvalue weighted by molar-refractivity contribution is 5.82. The SMILES string of the molecule is CCCCCCCCCCCC(N=C(N)N(C)C)C(=O)O. The van der Waals surface area contributed by atoms with Gasteiger partial charge in [0.1, 0.15) is 0 Å². The van der Waals surface area contributed by atoms with Crippen molar-refractivity contribution in [3.05, 3.63) is 0 Å². The molecule has 0 aliphatic carbocycles. The molecule has 0 heterocycles. The van der Waals surface area contributed by atoms with Crippen LogP contribution in [0.4, 0.5) is 0 Å². The first kappa shape index (κ1) is 19.7. The highest BCUT2D eigenvalue weighted by atomic mass is 16.4. The Morgan fingerprint density at radius 1 is 1.05 bits per heavy atom. The molecule has 0 aliphatic heterocycles. The number of unbranched alkanes of at least 4 members (excludes halogenated alkanes) is 8. The molecule has 0 aromatic carbocycles. The van der Waals surface area contributed by atoms with Crippen LogP contribution in [0.5, 0.6) is 0 Å². The number of rotatable bonds is 12. The first-order valence-corrected chi connectivity index (χ1v) is 8.22. The summed E-state index contributed by atoms with van der Waals surface area (Å²) < 4.78 is 0. The van der Waals surface area contributed by atoms with Crippen molar-refractivity contribution in [1.29, 1.82) is 0 Å². The second kappa shape index (κ2) is 12.5. The van der Waals surface area contributed by atoms with E-state index in [9.17, 15) is 4.79 Å². The third-order valence-electron chi connectivity index (χ3n) is 3.61. The molecule has 124 valence electrons. The van der Waals surface area contributed by atoms with Crippen molar-refractivity contribution in [3.8, 4) is 0 Å². The predicted molar refractivity (Wildman–Crippen MR) is 88.6 cm³/mol. The van der Waals surface area contributed by atoms with E-state index in [1.807, 2.05) is 0 Å². The summed E-state index contributed by atoms with van der Waals surface area (Å²) >= 11 is 0. The summed E-state index contributed by atoms with van der Waals surface area (Å²) in [6.45, 7) is 2.23. The maximum Gasteiger partial charge on any atom is 0.328 e. The predicted octanol–water partition coefficient (Wildman–Crippen LogP) is 3.24. The van der Waals surface area contributed by atoms with Crippen LogP contribution < -0.4 is 5.73 Å². The maximum absolute atomic E-state index is 11.1. The van der Waals surface area contributed by atoms with Gasteiger partial charge in [-0.1, -0.05) is 64.7 Å². The highest BCUT2D eigenvalue weighted by Crippen LogP contribution is 2.12. The third kappa shape index (κ3) is 11.1. The van der Waals surface area contributed by atoms with Crippen LogP contribution in [0, 0.1) is 0 Å². The van der Waals surface area contributed by atoms with Gasteiger partial charge in [-0.2, -0.15) is 0 Å². The zero-order chi connectivity index (χ0) is 16.1. The zero-order valence-corrected chi connectivity index (χ0v) is 14.0. The number of carboxylic acids is 1. The summed E-state index contributed by atoms with van der Waals surface area (Å²) in [4.78, 5) is 16.8. The Morgan fingerprint density at radius 3 is 1.95 bits per heavy atom. The Labute approximate surface area is 129 Å². The fourth-order valence-corrected chi connectivity index (χ4v) is 2.17. The first-order chi connectivity index (χ1) is 9.99. The number of carbonyl (C=O) groups is 1. The lowest BCUT2D eigenvalue weighted by molar-refractivity contribution is -0.138. The number of hydrogen-bond acceptors (Lipinski definition) is 2. The smallest absolute Gasteiger partial charge is 0.328 e. The summed E-state index contributed by atoms with van der Waals surface area (Å²) in [5, 5.41) is 9.15. The van der Waals surface area contributed by atoms with Crippen molar-refractivity contribution in [2.75, 3.05) is 14.1 Å². The standard InChI is InChI=1S/C16H33N3O2/c1-4-5-6-7-8-9-10-11-12-13-14(15(20)21)18-16(17)19(2)3/h14H,4-13H2,1-3H3,(H2,17,18)(H,20,21). The second-order valence-corrected chi connectivity index (χ2v) is 5.85. The van der Waals surface area contributed by atoms with Gasteiger partial charge in [-0.05, 0) is 6.42 Å². The molecule has 0 bridgehead atoms. The quantitative estimate of drug-likeness (QED) is 0.329. The zero-order valence-electron chi connectivity index (χ0n) is 14.0. The van der Waals surface area contributed by atoms with Crippen LogP contribution in [-0.4, -0.2) is 42.1 Å². The number of nitrogens with two attached hydrogens (primary N) is 1. The molecule has 1 unspecified atom stereocenters. The highest BCUT2D eigenvalue weighted by Gasteiger charge is 2.16. The van der Waals surface area contributed by atoms with Gasteiger partial charge in [0.15, 0.2) is 12.0 Å². The average Bonchev–Trinajstić information content (AvgIpc) is 2.43. The molecule has 0 spiro atoms. The molecule has 3 N–H and O–H groups in total. The molecule has 0 aliphatic rings. The average molecular weight is 299 g/mol. The van der Waals surface area contributed by atoms with E-state index in [0.717, 1.165) is 12.8 Å². The van der Waals surface area contributed by atoms with Gasteiger partial charge >= 0.3 is 5.97 Å². The number of aliphatic imine (C=N–C) groups is 1. The van der Waals surface area contributed by atoms with Crippen molar-refractivity contribution < 1.29 is 9.90 Å². The van der Waals surface area contributed by atoms with Crippen molar-refractivity contribution in [2.45, 2.75) is 77.2 Å². The Morgan fingerprint density at radius 2 is 1.52 bits per heavy atom. The van der Waals surface area contributed by atoms with E-state index in [1.54, 1.807) is 19.0 Å². The van der Waals surface area contributed by atoms with Crippen LogP contribution in [0.15, 0.2) is 4.99 Å². The van der Waals surface area contributed by atoms with Crippen LogP contribution in [0.2, 0.25) is 0 Å². The Hall–Kier alpha value is -1.26. The summed E-state index contributed by atoms with van der Waals surface area (Å²) in [5.41, 5.74) is 5.68. The Kier molecular flexibility index (Phi) is 11.7. The van der Waals surface area contributed by atoms with Gasteiger partial charge in [0, 0.05) is 14.1 Å². The van der Waals surface area contributed by atoms with Gasteiger partial charge in [-0.25, -0.2) is 9.79 Å². The minimum atomic E-state index is -0.889. The molecule has 0 fully saturated rings. The largest absolute Gasteiger partial charge is 0.480 e. The molecule has 5 nitrogen and oxygen atoms in total. The second-order valence-electron chi connectivity index (χ2n) is 5.85. The summed E-state index contributed by atoms with van der Waals surface area (Å²) in [6.07, 6.45) is 11.6. The molecule has 0 amide bonds. The molecule has 1 atom stereocenters. The molecule has 0 aromatic rings. The van der Waals surface area contributed by atoms with Crippen molar-refractivity contribution in [3.63, 3.8) is 0 Å². The molecule has 5 heteroatoms. The summed E-state index contributed by atoms with van der Waals surface area (Å²) in [6, 6.07) is -0.711. The minimum Gasteiger partial charge on any atom is -0.480 e. The van der Waals surface area contributed by atoms with E-state index in [0.29, 0.717) is 6.42 Å². The normalized spacial score (nSPS) is 13.2. The van der Waals surface area contributed by atoms with Crippen LogP contribution in [-0.2, 0) is 4.79 Å². The molecule has 0 saturated heterocycles. The van der Waals surface area contributed by atoms with E-state index in [-0.39, 0.29) is 5.96 Å². The fourth-order valence-electron chi connectivity index (χ4n) is 2.17. The lowest BCUT2D eigenvalue weighted by atomic mass is 10.0. The lowest BCUT2D eigenvalue weighted by Crippen LogP contribution is -2.33. The Balaban J connectivity index is 3.76. The molecule has 21 heavy (non-hydrogen) atoms. The molecule has 0 radical (unpaired) electrons. The summed E-state index contributed by atoms with van der Waals surface area (Å²) in [5.74, 6) is -0.613. The molecule has 0 rings (SSSR count). The molecule has 0 aromatic heterocycles. The van der Waals surface area contributed by atoms with Crippen LogP contribution in [0.1, 0.15) is 71.1 Å². The van der Waals surface area contributed by atoms with Gasteiger partial charge in [0.25, 0.3) is 0 Å². The Bertz CT molecular complexity index is 304. The van der Waals surface area contributed by atoms with Gasteiger partial charge in [-0.3, -0.25) is 0 Å². The minimum absolute atomic E-state index is 0.276. The number of hydrogen-bond donors (Lipinski definition) is 2. The molecule has 0 saturated carbocycles. The van der Waals surface area contributed by atoms with Crippen LogP contribution in [0.3, 0.4) is 0 Å². The molecular weight excluding hydrogens is 266 g/mol. The van der Waals surface area contributed by atoms with E-state index in [2.05, 4.69) is 11.9 Å². The van der Waals surface area contributed by atoms with E-state index in [4.69, 9.17) is 10.8 Å². The van der Waals surface area contributed by atoms with Crippen molar-refractivity contribution in [2.24, 2.45) is 10.7 Å². The lowest BCUT2D eigenvalue weighted by Gasteiger charge is -2.14. The van der Waals surface area contributed by atoms with Gasteiger partial charge in [0.2, 0.25) is 0 Å². The van der Waals surface area contributed by atoms with Crippen molar-refractivity contribution >= 4 is 11.9 Å². The monoisotopic (exact) mass is 299 g/mol. The number of aliphatic carboxylic acids is 1. The van der Waals surface area contributed by atoms with Crippen molar-refractivity contribution in [1.82, 2.24) is 4.90 Å². The molecular formula is C16H33N3O2. The third-order valence-corrected chi connectivity index (χ3v) is 3.61. The fraction of sp³-hybridized carbons (Fsp3) is 0.875. The van der Waals surface area contributed by atoms with E-state index >= 15 is 0 Å². The van der Waals surface area contributed by atoms with E-state index < -0.39 is 12.0 Å². The van der Waals surface area contributed by atoms with Crippen LogP contribution >= 0.6 is 0 Å². The van der Waals surface area contributed by atoms with Gasteiger partial charge < -0.3 is 15.7 Å². The number of guanidine groups is 1. The number of nitrogens with zero attached hydrogens (tertiary/aromatic N) is 2. The number of carboxylic acid groups (broad SMARTS) is 1.